The van der Waals surface area contributed by atoms with Crippen molar-refractivity contribution in [3.63, 3.8) is 0 Å². The SMILES string of the molecule is COC(=O)c1ncn2c1C(=O)N(Cc1cc(OC)ccc1OC)[C@@](C)(C(=O)NCc1ccc(C)cc1)C2. The predicted molar refractivity (Wildman–Crippen MR) is 134 cm³/mol. The second-order valence-corrected chi connectivity index (χ2v) is 9.07. The third-order valence-corrected chi connectivity index (χ3v) is 6.62. The maximum Gasteiger partial charge on any atom is 0.359 e. The topological polar surface area (TPSA) is 112 Å². The van der Waals surface area contributed by atoms with Gasteiger partial charge in [-0.25, -0.2) is 9.78 Å². The summed E-state index contributed by atoms with van der Waals surface area (Å²) >= 11 is 0. The first-order valence-electron chi connectivity index (χ1n) is 11.7. The van der Waals surface area contributed by atoms with Crippen LogP contribution in [0.5, 0.6) is 11.5 Å². The van der Waals surface area contributed by atoms with Crippen LogP contribution >= 0.6 is 0 Å². The molecule has 37 heavy (non-hydrogen) atoms. The summed E-state index contributed by atoms with van der Waals surface area (Å²) in [6, 6.07) is 13.1. The molecule has 1 N–H and O–H groups in total. The van der Waals surface area contributed by atoms with E-state index in [1.165, 1.54) is 30.0 Å². The van der Waals surface area contributed by atoms with Crippen molar-refractivity contribution in [1.82, 2.24) is 19.8 Å². The third kappa shape index (κ3) is 4.87. The molecule has 4 rings (SSSR count). The Kier molecular flexibility index (Phi) is 7.19. The number of carbonyl (C=O) groups is 3. The Bertz CT molecular complexity index is 1330. The van der Waals surface area contributed by atoms with Gasteiger partial charge in [0.25, 0.3) is 5.91 Å². The van der Waals surface area contributed by atoms with Crippen LogP contribution in [0.4, 0.5) is 0 Å². The molecule has 0 aliphatic carbocycles. The zero-order valence-corrected chi connectivity index (χ0v) is 21.5. The number of carbonyl (C=O) groups excluding carboxylic acids is 3. The van der Waals surface area contributed by atoms with Gasteiger partial charge in [0, 0.05) is 12.1 Å². The molecule has 0 fully saturated rings. The fourth-order valence-electron chi connectivity index (χ4n) is 4.44. The van der Waals surface area contributed by atoms with E-state index in [1.807, 2.05) is 31.2 Å². The van der Waals surface area contributed by atoms with Crippen LogP contribution in [0.2, 0.25) is 0 Å². The third-order valence-electron chi connectivity index (χ3n) is 6.62. The van der Waals surface area contributed by atoms with Gasteiger partial charge in [-0.2, -0.15) is 0 Å². The Morgan fingerprint density at radius 3 is 2.46 bits per heavy atom. The first-order chi connectivity index (χ1) is 17.7. The summed E-state index contributed by atoms with van der Waals surface area (Å²) in [4.78, 5) is 45.5. The molecule has 194 valence electrons. The van der Waals surface area contributed by atoms with Gasteiger partial charge in [0.1, 0.15) is 22.7 Å². The molecule has 2 amide bonds. The van der Waals surface area contributed by atoms with E-state index < -0.39 is 17.4 Å². The van der Waals surface area contributed by atoms with E-state index in [9.17, 15) is 14.4 Å². The smallest absolute Gasteiger partial charge is 0.359 e. The van der Waals surface area contributed by atoms with Gasteiger partial charge in [-0.15, -0.1) is 0 Å². The maximum absolute atomic E-state index is 13.9. The summed E-state index contributed by atoms with van der Waals surface area (Å²) in [5.74, 6) is -0.493. The van der Waals surface area contributed by atoms with Crippen molar-refractivity contribution < 1.29 is 28.6 Å². The highest BCUT2D eigenvalue weighted by atomic mass is 16.5. The van der Waals surface area contributed by atoms with Crippen LogP contribution < -0.4 is 14.8 Å². The van der Waals surface area contributed by atoms with Crippen LogP contribution in [-0.4, -0.2) is 59.1 Å². The van der Waals surface area contributed by atoms with Crippen LogP contribution in [-0.2, 0) is 29.2 Å². The number of aromatic nitrogens is 2. The highest BCUT2D eigenvalue weighted by Gasteiger charge is 2.49. The fraction of sp³-hybridized carbons (Fsp3) is 0.333. The van der Waals surface area contributed by atoms with Crippen molar-refractivity contribution in [3.05, 3.63) is 76.9 Å². The lowest BCUT2D eigenvalue weighted by molar-refractivity contribution is -0.133. The minimum Gasteiger partial charge on any atom is -0.497 e. The Morgan fingerprint density at radius 1 is 1.08 bits per heavy atom. The average molecular weight is 507 g/mol. The number of hydrogen-bond acceptors (Lipinski definition) is 7. The molecule has 3 aromatic rings. The number of benzene rings is 2. The van der Waals surface area contributed by atoms with Gasteiger partial charge in [0.2, 0.25) is 5.91 Å². The number of esters is 1. The molecule has 1 aliphatic heterocycles. The molecule has 0 radical (unpaired) electrons. The van der Waals surface area contributed by atoms with Crippen molar-refractivity contribution >= 4 is 17.8 Å². The number of aryl methyl sites for hydroxylation is 1. The number of hydrogen-bond donors (Lipinski definition) is 1. The molecule has 1 aromatic heterocycles. The number of methoxy groups -OCH3 is 3. The van der Waals surface area contributed by atoms with E-state index in [0.29, 0.717) is 23.6 Å². The van der Waals surface area contributed by atoms with E-state index in [4.69, 9.17) is 14.2 Å². The number of amides is 2. The van der Waals surface area contributed by atoms with Gasteiger partial charge in [-0.3, -0.25) is 9.59 Å². The van der Waals surface area contributed by atoms with E-state index >= 15 is 0 Å². The van der Waals surface area contributed by atoms with Crippen molar-refractivity contribution in [1.29, 1.82) is 0 Å². The number of nitrogens with one attached hydrogen (secondary N) is 1. The molecule has 2 heterocycles. The zero-order chi connectivity index (χ0) is 26.7. The van der Waals surface area contributed by atoms with E-state index in [0.717, 1.165) is 11.1 Å². The quantitative estimate of drug-likeness (QED) is 0.468. The molecular weight excluding hydrogens is 476 g/mol. The Labute approximate surface area is 215 Å². The Hall–Kier alpha value is -4.34. The number of rotatable bonds is 8. The van der Waals surface area contributed by atoms with E-state index in [1.54, 1.807) is 32.2 Å². The highest BCUT2D eigenvalue weighted by molar-refractivity contribution is 6.06. The summed E-state index contributed by atoms with van der Waals surface area (Å²) in [6.07, 6.45) is 1.38. The second kappa shape index (κ2) is 10.3. The number of imidazole rings is 1. The summed E-state index contributed by atoms with van der Waals surface area (Å²) in [6.45, 7) is 4.10. The van der Waals surface area contributed by atoms with Crippen molar-refractivity contribution in [3.8, 4) is 11.5 Å². The molecule has 1 aliphatic rings. The molecule has 10 heteroatoms. The van der Waals surface area contributed by atoms with Crippen LogP contribution in [0, 0.1) is 6.92 Å². The fourth-order valence-corrected chi connectivity index (χ4v) is 4.44. The van der Waals surface area contributed by atoms with Gasteiger partial charge < -0.3 is 29.0 Å². The van der Waals surface area contributed by atoms with Gasteiger partial charge >= 0.3 is 5.97 Å². The molecule has 1 atom stereocenters. The molecule has 0 spiro atoms. The van der Waals surface area contributed by atoms with Gasteiger partial charge in [0.05, 0.1) is 40.7 Å². The number of fused-ring (bicyclic) bond motifs is 1. The average Bonchev–Trinajstić information content (AvgIpc) is 3.33. The predicted octanol–water partition coefficient (Wildman–Crippen LogP) is 2.73. The molecule has 0 saturated carbocycles. The number of nitrogens with zero attached hydrogens (tertiary/aromatic N) is 3. The van der Waals surface area contributed by atoms with Crippen molar-refractivity contribution in [2.75, 3.05) is 21.3 Å². The highest BCUT2D eigenvalue weighted by Crippen LogP contribution is 2.34. The standard InChI is InChI=1S/C27H30N4O6/c1-17-6-8-18(9-7-17)13-28-26(34)27(2)15-30-16-29-22(25(33)37-5)23(30)24(32)31(27)14-19-12-20(35-3)10-11-21(19)36-4/h6-12,16H,13-15H2,1-5H3,(H,28,34)/t27-/m1/s1. The molecule has 0 unspecified atom stereocenters. The second-order valence-electron chi connectivity index (χ2n) is 9.07. The normalized spacial score (nSPS) is 16.7. The van der Waals surface area contributed by atoms with Crippen molar-refractivity contribution in [2.24, 2.45) is 0 Å². The van der Waals surface area contributed by atoms with E-state index in [-0.39, 0.29) is 30.4 Å². The van der Waals surface area contributed by atoms with Gasteiger partial charge in [-0.1, -0.05) is 29.8 Å². The molecular formula is C27H30N4O6. The first-order valence-corrected chi connectivity index (χ1v) is 11.7. The van der Waals surface area contributed by atoms with Crippen LogP contribution in [0.1, 0.15) is 44.6 Å². The monoisotopic (exact) mass is 506 g/mol. The molecule has 10 nitrogen and oxygen atoms in total. The summed E-state index contributed by atoms with van der Waals surface area (Å²) in [7, 11) is 4.30. The zero-order valence-electron chi connectivity index (χ0n) is 21.5. The molecule has 0 bridgehead atoms. The lowest BCUT2D eigenvalue weighted by atomic mass is 9.93. The molecule has 0 saturated heterocycles. The summed E-state index contributed by atoms with van der Waals surface area (Å²) in [5, 5.41) is 2.97. The van der Waals surface area contributed by atoms with Crippen LogP contribution in [0.25, 0.3) is 0 Å². The largest absolute Gasteiger partial charge is 0.497 e. The summed E-state index contributed by atoms with van der Waals surface area (Å²) < 4.78 is 17.2. The lowest BCUT2D eigenvalue weighted by Gasteiger charge is -2.44. The lowest BCUT2D eigenvalue weighted by Crippen LogP contribution is -2.63. The van der Waals surface area contributed by atoms with Crippen LogP contribution in [0.3, 0.4) is 0 Å². The van der Waals surface area contributed by atoms with Gasteiger partial charge in [-0.05, 0) is 37.6 Å². The number of ether oxygens (including phenoxy) is 3. The van der Waals surface area contributed by atoms with Crippen molar-refractivity contribution in [2.45, 2.75) is 39.0 Å². The van der Waals surface area contributed by atoms with E-state index in [2.05, 4.69) is 10.3 Å². The molecule has 2 aromatic carbocycles. The minimum atomic E-state index is -1.31. The maximum atomic E-state index is 13.9. The first kappa shape index (κ1) is 25.7. The summed E-state index contributed by atoms with van der Waals surface area (Å²) in [5.41, 5.74) is 1.35. The minimum absolute atomic E-state index is 0.0272. The Morgan fingerprint density at radius 2 is 1.81 bits per heavy atom. The Balaban J connectivity index is 1.73. The van der Waals surface area contributed by atoms with Gasteiger partial charge in [0.15, 0.2) is 5.69 Å². The van der Waals surface area contributed by atoms with Crippen LogP contribution in [0.15, 0.2) is 48.8 Å².